The van der Waals surface area contributed by atoms with Gasteiger partial charge in [-0.15, -0.1) is 0 Å². The maximum Gasteiger partial charge on any atom is 0.118 e. The number of rotatable bonds is 12. The van der Waals surface area contributed by atoms with Crippen molar-refractivity contribution in [2.45, 2.75) is 11.8 Å². The SMILES string of the molecule is COc1ccc(/C=C/C(c2ccc(OC)cc2)c2ccc(C(/C=C/c3ccc(OC)cc3)c3ccc(OC)cc3)n2C)cc1. The molecule has 2 atom stereocenters. The zero-order chi connectivity index (χ0) is 30.9. The summed E-state index contributed by atoms with van der Waals surface area (Å²) in [5.74, 6) is 3.39. The first-order valence-corrected chi connectivity index (χ1v) is 14.6. The number of hydrogen-bond acceptors (Lipinski definition) is 4. The molecule has 0 aliphatic heterocycles. The van der Waals surface area contributed by atoms with Crippen LogP contribution in [0.1, 0.15) is 45.5 Å². The lowest BCUT2D eigenvalue weighted by atomic mass is 9.93. The van der Waals surface area contributed by atoms with Crippen molar-refractivity contribution in [3.05, 3.63) is 155 Å². The van der Waals surface area contributed by atoms with Crippen LogP contribution in [0.2, 0.25) is 0 Å². The van der Waals surface area contributed by atoms with Crippen LogP contribution in [0, 0.1) is 0 Å². The highest BCUT2D eigenvalue weighted by Gasteiger charge is 2.21. The lowest BCUT2D eigenvalue weighted by Gasteiger charge is -2.20. The van der Waals surface area contributed by atoms with Crippen molar-refractivity contribution in [3.63, 3.8) is 0 Å². The first-order valence-electron chi connectivity index (χ1n) is 14.6. The van der Waals surface area contributed by atoms with Crippen LogP contribution in [0.3, 0.4) is 0 Å². The van der Waals surface area contributed by atoms with Crippen LogP contribution in [0.25, 0.3) is 12.2 Å². The fourth-order valence-electron chi connectivity index (χ4n) is 5.40. The predicted molar refractivity (Wildman–Crippen MR) is 179 cm³/mol. The molecule has 0 fully saturated rings. The zero-order valence-electron chi connectivity index (χ0n) is 25.9. The summed E-state index contributed by atoms with van der Waals surface area (Å²) < 4.78 is 23.9. The second-order valence-electron chi connectivity index (χ2n) is 10.5. The number of benzene rings is 4. The van der Waals surface area contributed by atoms with Gasteiger partial charge in [-0.1, -0.05) is 72.8 Å². The van der Waals surface area contributed by atoms with E-state index in [2.05, 4.69) is 96.6 Å². The molecule has 2 unspecified atom stereocenters. The number of nitrogens with zero attached hydrogens (tertiary/aromatic N) is 1. The molecule has 0 N–H and O–H groups in total. The number of aromatic nitrogens is 1. The van der Waals surface area contributed by atoms with Crippen molar-refractivity contribution < 1.29 is 18.9 Å². The van der Waals surface area contributed by atoms with Gasteiger partial charge in [0.15, 0.2) is 0 Å². The fraction of sp³-hybridized carbons (Fsp3) is 0.179. The summed E-state index contributed by atoms with van der Waals surface area (Å²) in [7, 11) is 8.91. The van der Waals surface area contributed by atoms with Gasteiger partial charge in [-0.3, -0.25) is 0 Å². The molecule has 1 heterocycles. The average molecular weight is 586 g/mol. The van der Waals surface area contributed by atoms with E-state index < -0.39 is 0 Å². The molecule has 0 aliphatic rings. The Morgan fingerprint density at radius 3 is 1.02 bits per heavy atom. The molecular weight excluding hydrogens is 546 g/mol. The Kier molecular flexibility index (Phi) is 9.88. The Morgan fingerprint density at radius 1 is 0.432 bits per heavy atom. The third-order valence-electron chi connectivity index (χ3n) is 7.98. The van der Waals surface area contributed by atoms with E-state index in [1.165, 1.54) is 22.5 Å². The molecule has 4 aromatic carbocycles. The first kappa shape index (κ1) is 30.3. The number of methoxy groups -OCH3 is 4. The Labute approximate surface area is 260 Å². The van der Waals surface area contributed by atoms with Gasteiger partial charge in [-0.25, -0.2) is 0 Å². The van der Waals surface area contributed by atoms with Crippen molar-refractivity contribution in [2.24, 2.45) is 7.05 Å². The lowest BCUT2D eigenvalue weighted by molar-refractivity contribution is 0.414. The first-order chi connectivity index (χ1) is 21.5. The molecule has 1 aromatic heterocycles. The van der Waals surface area contributed by atoms with E-state index in [0.29, 0.717) is 0 Å². The third kappa shape index (κ3) is 7.07. The van der Waals surface area contributed by atoms with Gasteiger partial charge in [0.25, 0.3) is 0 Å². The molecule has 0 amide bonds. The summed E-state index contributed by atoms with van der Waals surface area (Å²) in [5.41, 5.74) is 6.95. The topological polar surface area (TPSA) is 41.9 Å². The van der Waals surface area contributed by atoms with Gasteiger partial charge in [-0.2, -0.15) is 0 Å². The number of allylic oxidation sites excluding steroid dienone is 2. The second-order valence-corrected chi connectivity index (χ2v) is 10.5. The Bertz CT molecular complexity index is 1550. The summed E-state index contributed by atoms with van der Waals surface area (Å²) in [6.07, 6.45) is 8.87. The van der Waals surface area contributed by atoms with Crippen LogP contribution in [0.4, 0.5) is 0 Å². The average Bonchev–Trinajstić information content (AvgIpc) is 3.46. The highest BCUT2D eigenvalue weighted by atomic mass is 16.5. The minimum Gasteiger partial charge on any atom is -0.497 e. The van der Waals surface area contributed by atoms with Crippen LogP contribution in [0.5, 0.6) is 23.0 Å². The van der Waals surface area contributed by atoms with Crippen molar-refractivity contribution in [1.29, 1.82) is 0 Å². The fourth-order valence-corrected chi connectivity index (χ4v) is 5.40. The summed E-state index contributed by atoms with van der Waals surface area (Å²) in [6.45, 7) is 0. The maximum atomic E-state index is 5.45. The number of ether oxygens (including phenoxy) is 4. The molecule has 224 valence electrons. The zero-order valence-corrected chi connectivity index (χ0v) is 25.9. The Balaban J connectivity index is 1.55. The van der Waals surface area contributed by atoms with Crippen LogP contribution in [-0.4, -0.2) is 33.0 Å². The molecule has 5 rings (SSSR count). The predicted octanol–water partition coefficient (Wildman–Crippen LogP) is 8.75. The van der Waals surface area contributed by atoms with Gasteiger partial charge in [0.2, 0.25) is 0 Å². The van der Waals surface area contributed by atoms with Gasteiger partial charge in [0.05, 0.1) is 28.4 Å². The summed E-state index contributed by atoms with van der Waals surface area (Å²) in [5, 5.41) is 0. The van der Waals surface area contributed by atoms with Crippen molar-refractivity contribution in [3.8, 4) is 23.0 Å². The largest absolute Gasteiger partial charge is 0.497 e. The van der Waals surface area contributed by atoms with Crippen LogP contribution >= 0.6 is 0 Å². The highest BCUT2D eigenvalue weighted by Crippen LogP contribution is 2.35. The Morgan fingerprint density at radius 2 is 0.727 bits per heavy atom. The molecule has 5 nitrogen and oxygen atoms in total. The van der Waals surface area contributed by atoms with Gasteiger partial charge in [0, 0.05) is 30.3 Å². The van der Waals surface area contributed by atoms with Crippen LogP contribution in [0.15, 0.2) is 121 Å². The van der Waals surface area contributed by atoms with E-state index in [4.69, 9.17) is 18.9 Å². The Hall–Kier alpha value is -5.16. The van der Waals surface area contributed by atoms with Crippen molar-refractivity contribution in [2.75, 3.05) is 28.4 Å². The van der Waals surface area contributed by atoms with E-state index in [9.17, 15) is 0 Å². The molecule has 0 saturated carbocycles. The summed E-state index contributed by atoms with van der Waals surface area (Å²) >= 11 is 0. The summed E-state index contributed by atoms with van der Waals surface area (Å²) in [4.78, 5) is 0. The normalized spacial score (nSPS) is 12.8. The molecule has 0 bridgehead atoms. The molecule has 0 saturated heterocycles. The van der Waals surface area contributed by atoms with Crippen LogP contribution < -0.4 is 18.9 Å². The second kappa shape index (κ2) is 14.3. The van der Waals surface area contributed by atoms with E-state index >= 15 is 0 Å². The molecule has 0 spiro atoms. The van der Waals surface area contributed by atoms with Gasteiger partial charge >= 0.3 is 0 Å². The maximum absolute atomic E-state index is 5.45. The number of hydrogen-bond donors (Lipinski definition) is 0. The molecule has 5 heteroatoms. The van der Waals surface area contributed by atoms with E-state index in [1.807, 2.05) is 48.5 Å². The van der Waals surface area contributed by atoms with Crippen molar-refractivity contribution >= 4 is 12.2 Å². The van der Waals surface area contributed by atoms with E-state index in [1.54, 1.807) is 28.4 Å². The van der Waals surface area contributed by atoms with E-state index in [-0.39, 0.29) is 11.8 Å². The van der Waals surface area contributed by atoms with Crippen LogP contribution in [-0.2, 0) is 7.05 Å². The third-order valence-corrected chi connectivity index (χ3v) is 7.98. The molecule has 0 aliphatic carbocycles. The smallest absolute Gasteiger partial charge is 0.118 e. The molecular formula is C39H39NO4. The monoisotopic (exact) mass is 585 g/mol. The van der Waals surface area contributed by atoms with E-state index in [0.717, 1.165) is 34.1 Å². The van der Waals surface area contributed by atoms with Crippen molar-refractivity contribution in [1.82, 2.24) is 4.57 Å². The summed E-state index contributed by atoms with van der Waals surface area (Å²) in [6, 6.07) is 37.3. The quantitative estimate of drug-likeness (QED) is 0.147. The standard InChI is InChI=1S/C39H39NO4/c1-40-38(36(30-12-20-34(43-4)21-13-30)24-10-28-6-16-32(41-2)17-7-28)26-27-39(40)37(31-14-22-35(44-5)23-15-31)25-11-29-8-18-33(42-3)19-9-29/h6-27,36-37H,1-5H3/b24-10+,25-11+. The molecule has 0 radical (unpaired) electrons. The molecule has 44 heavy (non-hydrogen) atoms. The lowest BCUT2D eigenvalue weighted by Crippen LogP contribution is -2.10. The minimum absolute atomic E-state index is 0.0174. The molecule has 5 aromatic rings. The highest BCUT2D eigenvalue weighted by molar-refractivity contribution is 5.56. The van der Waals surface area contributed by atoms with Gasteiger partial charge < -0.3 is 23.5 Å². The van der Waals surface area contributed by atoms with Gasteiger partial charge in [0.1, 0.15) is 23.0 Å². The van der Waals surface area contributed by atoms with Gasteiger partial charge in [-0.05, 0) is 82.9 Å². The minimum atomic E-state index is 0.0174.